The smallest absolute Gasteiger partial charge is 0.0544 e. The Hall–Kier alpha value is -1.78. The first-order chi connectivity index (χ1) is 11.8. The maximum absolute atomic E-state index is 5.78. The summed E-state index contributed by atoms with van der Waals surface area (Å²) >= 11 is 0. The van der Waals surface area contributed by atoms with Gasteiger partial charge in [-0.3, -0.25) is 14.9 Å². The maximum atomic E-state index is 5.78. The van der Waals surface area contributed by atoms with Gasteiger partial charge in [0, 0.05) is 38.6 Å². The molecule has 0 aromatic carbocycles. The van der Waals surface area contributed by atoms with Crippen LogP contribution in [0.2, 0.25) is 0 Å². The summed E-state index contributed by atoms with van der Waals surface area (Å²) in [5.74, 6) is 0.481. The van der Waals surface area contributed by atoms with Crippen LogP contribution in [0.4, 0.5) is 0 Å². The molecule has 0 amide bonds. The summed E-state index contributed by atoms with van der Waals surface area (Å²) in [5, 5.41) is 0. The number of rotatable bonds is 11. The summed E-state index contributed by atoms with van der Waals surface area (Å²) in [6.07, 6.45) is 6.02. The van der Waals surface area contributed by atoms with Crippen molar-refractivity contribution in [1.29, 1.82) is 0 Å². The molecular formula is C20H29N3O. The summed E-state index contributed by atoms with van der Waals surface area (Å²) in [7, 11) is 0. The molecule has 4 nitrogen and oxygen atoms in total. The minimum absolute atomic E-state index is 0.481. The molecule has 0 fully saturated rings. The van der Waals surface area contributed by atoms with Crippen LogP contribution in [0.1, 0.15) is 38.1 Å². The highest BCUT2D eigenvalue weighted by atomic mass is 16.5. The SMILES string of the molecule is CCCCOCC(C)CN(Cc1ccccn1)Cc1ccccn1. The first kappa shape index (κ1) is 18.6. The molecule has 2 aromatic heterocycles. The van der Waals surface area contributed by atoms with Gasteiger partial charge in [-0.2, -0.15) is 0 Å². The van der Waals surface area contributed by atoms with E-state index in [1.807, 2.05) is 36.7 Å². The van der Waals surface area contributed by atoms with Crippen LogP contribution in [0.3, 0.4) is 0 Å². The van der Waals surface area contributed by atoms with Gasteiger partial charge < -0.3 is 4.74 Å². The third-order valence-corrected chi connectivity index (χ3v) is 3.84. The van der Waals surface area contributed by atoms with Gasteiger partial charge in [0.25, 0.3) is 0 Å². The van der Waals surface area contributed by atoms with Gasteiger partial charge in [0.2, 0.25) is 0 Å². The molecule has 0 aliphatic rings. The zero-order valence-corrected chi connectivity index (χ0v) is 14.9. The quantitative estimate of drug-likeness (QED) is 0.586. The number of hydrogen-bond acceptors (Lipinski definition) is 4. The van der Waals surface area contributed by atoms with Crippen LogP contribution >= 0.6 is 0 Å². The first-order valence-electron chi connectivity index (χ1n) is 8.88. The highest BCUT2D eigenvalue weighted by Crippen LogP contribution is 2.10. The Morgan fingerprint density at radius 1 is 1.00 bits per heavy atom. The Labute approximate surface area is 145 Å². The van der Waals surface area contributed by atoms with E-state index in [-0.39, 0.29) is 0 Å². The molecule has 1 atom stereocenters. The van der Waals surface area contributed by atoms with Gasteiger partial charge in [0.1, 0.15) is 0 Å². The van der Waals surface area contributed by atoms with Gasteiger partial charge in [0.05, 0.1) is 18.0 Å². The van der Waals surface area contributed by atoms with Gasteiger partial charge >= 0.3 is 0 Å². The molecule has 2 aromatic rings. The average molecular weight is 327 g/mol. The Bertz CT molecular complexity index is 506. The number of ether oxygens (including phenoxy) is 1. The molecule has 2 heterocycles. The molecule has 2 rings (SSSR count). The molecule has 0 saturated heterocycles. The molecule has 0 aliphatic carbocycles. The Kier molecular flexibility index (Phi) is 8.42. The largest absolute Gasteiger partial charge is 0.381 e. The normalized spacial score (nSPS) is 12.5. The number of aromatic nitrogens is 2. The zero-order chi connectivity index (χ0) is 17.0. The van der Waals surface area contributed by atoms with E-state index >= 15 is 0 Å². The topological polar surface area (TPSA) is 38.2 Å². The van der Waals surface area contributed by atoms with Gasteiger partial charge in [-0.25, -0.2) is 0 Å². The summed E-state index contributed by atoms with van der Waals surface area (Å²) in [6, 6.07) is 12.1. The molecule has 0 saturated carbocycles. The van der Waals surface area contributed by atoms with E-state index in [1.165, 1.54) is 6.42 Å². The summed E-state index contributed by atoms with van der Waals surface area (Å²) < 4.78 is 5.78. The van der Waals surface area contributed by atoms with Gasteiger partial charge in [0.15, 0.2) is 0 Å². The molecule has 0 radical (unpaired) electrons. The van der Waals surface area contributed by atoms with Crippen molar-refractivity contribution in [2.75, 3.05) is 19.8 Å². The van der Waals surface area contributed by atoms with Crippen LogP contribution in [-0.2, 0) is 17.8 Å². The molecule has 24 heavy (non-hydrogen) atoms. The lowest BCUT2D eigenvalue weighted by molar-refractivity contribution is 0.0820. The van der Waals surface area contributed by atoms with Crippen LogP contribution < -0.4 is 0 Å². The van der Waals surface area contributed by atoms with E-state index in [2.05, 4.69) is 40.8 Å². The Morgan fingerprint density at radius 3 is 2.12 bits per heavy atom. The van der Waals surface area contributed by atoms with Crippen molar-refractivity contribution in [2.24, 2.45) is 5.92 Å². The first-order valence-corrected chi connectivity index (χ1v) is 8.88. The van der Waals surface area contributed by atoms with E-state index in [4.69, 9.17) is 4.74 Å². The summed E-state index contributed by atoms with van der Waals surface area (Å²) in [5.41, 5.74) is 2.18. The molecule has 0 N–H and O–H groups in total. The van der Waals surface area contributed by atoms with Crippen molar-refractivity contribution >= 4 is 0 Å². The Balaban J connectivity index is 1.91. The van der Waals surface area contributed by atoms with Crippen molar-refractivity contribution in [3.63, 3.8) is 0 Å². The molecule has 1 unspecified atom stereocenters. The van der Waals surface area contributed by atoms with Crippen molar-refractivity contribution in [2.45, 2.75) is 39.8 Å². The molecule has 0 spiro atoms. The molecule has 0 bridgehead atoms. The van der Waals surface area contributed by atoms with E-state index in [9.17, 15) is 0 Å². The van der Waals surface area contributed by atoms with Crippen LogP contribution in [-0.4, -0.2) is 34.6 Å². The fourth-order valence-electron chi connectivity index (χ4n) is 2.65. The fourth-order valence-corrected chi connectivity index (χ4v) is 2.65. The number of pyridine rings is 2. The van der Waals surface area contributed by atoms with Crippen molar-refractivity contribution in [1.82, 2.24) is 14.9 Å². The predicted octanol–water partition coefficient (Wildman–Crippen LogP) is 3.93. The van der Waals surface area contributed by atoms with E-state index in [1.54, 1.807) is 0 Å². The molecule has 4 heteroatoms. The van der Waals surface area contributed by atoms with Crippen molar-refractivity contribution in [3.05, 3.63) is 60.2 Å². The third-order valence-electron chi connectivity index (χ3n) is 3.84. The predicted molar refractivity (Wildman–Crippen MR) is 97.5 cm³/mol. The van der Waals surface area contributed by atoms with Crippen LogP contribution in [0.5, 0.6) is 0 Å². The van der Waals surface area contributed by atoms with Crippen LogP contribution in [0.25, 0.3) is 0 Å². The minimum atomic E-state index is 0.481. The van der Waals surface area contributed by atoms with Gasteiger partial charge in [-0.15, -0.1) is 0 Å². The average Bonchev–Trinajstić information content (AvgIpc) is 2.60. The third kappa shape index (κ3) is 7.20. The van der Waals surface area contributed by atoms with Crippen molar-refractivity contribution in [3.8, 4) is 0 Å². The molecule has 0 aliphatic heterocycles. The second kappa shape index (κ2) is 10.9. The molecule has 130 valence electrons. The van der Waals surface area contributed by atoms with E-state index in [0.29, 0.717) is 5.92 Å². The highest BCUT2D eigenvalue weighted by molar-refractivity contribution is 5.06. The monoisotopic (exact) mass is 327 g/mol. The van der Waals surface area contributed by atoms with Gasteiger partial charge in [-0.1, -0.05) is 32.4 Å². The number of nitrogens with zero attached hydrogens (tertiary/aromatic N) is 3. The zero-order valence-electron chi connectivity index (χ0n) is 14.9. The van der Waals surface area contributed by atoms with Crippen molar-refractivity contribution < 1.29 is 4.74 Å². The van der Waals surface area contributed by atoms with Gasteiger partial charge in [-0.05, 0) is 36.6 Å². The second-order valence-corrected chi connectivity index (χ2v) is 6.35. The van der Waals surface area contributed by atoms with Crippen LogP contribution in [0.15, 0.2) is 48.8 Å². The Morgan fingerprint density at radius 2 is 1.62 bits per heavy atom. The van der Waals surface area contributed by atoms with E-state index in [0.717, 1.165) is 50.7 Å². The molecular weight excluding hydrogens is 298 g/mol. The van der Waals surface area contributed by atoms with Crippen LogP contribution in [0, 0.1) is 5.92 Å². The number of hydrogen-bond donors (Lipinski definition) is 0. The highest BCUT2D eigenvalue weighted by Gasteiger charge is 2.13. The lowest BCUT2D eigenvalue weighted by Gasteiger charge is -2.25. The maximum Gasteiger partial charge on any atom is 0.0544 e. The summed E-state index contributed by atoms with van der Waals surface area (Å²) in [6.45, 7) is 8.74. The summed E-state index contributed by atoms with van der Waals surface area (Å²) in [4.78, 5) is 11.3. The fraction of sp³-hybridized carbons (Fsp3) is 0.500. The lowest BCUT2D eigenvalue weighted by Crippen LogP contribution is -2.30. The lowest BCUT2D eigenvalue weighted by atomic mass is 10.1. The number of unbranched alkanes of at least 4 members (excludes halogenated alkanes) is 1. The second-order valence-electron chi connectivity index (χ2n) is 6.35. The standard InChI is InChI=1S/C20H29N3O/c1-3-4-13-24-17-18(2)14-23(15-19-9-5-7-11-21-19)16-20-10-6-8-12-22-20/h5-12,18H,3-4,13-17H2,1-2H3. The minimum Gasteiger partial charge on any atom is -0.381 e. The van der Waals surface area contributed by atoms with E-state index < -0.39 is 0 Å².